The summed E-state index contributed by atoms with van der Waals surface area (Å²) in [6.07, 6.45) is 2.29. The number of hydrogen-bond acceptors (Lipinski definition) is 0. The summed E-state index contributed by atoms with van der Waals surface area (Å²) in [7, 11) is -2.40. The Morgan fingerprint density at radius 3 is 1.27 bits per heavy atom. The average molecular weight is 327 g/mol. The normalized spacial score (nSPS) is 12.5. The van der Waals surface area contributed by atoms with Gasteiger partial charge in [-0.05, 0) is 24.0 Å². The Labute approximate surface area is 138 Å². The van der Waals surface area contributed by atoms with Crippen molar-refractivity contribution in [3.05, 3.63) is 59.7 Å². The van der Waals surface area contributed by atoms with E-state index in [1.54, 1.807) is 10.4 Å². The lowest BCUT2D eigenvalue weighted by Gasteiger charge is -2.18. The van der Waals surface area contributed by atoms with Crippen LogP contribution in [0.1, 0.15) is 11.1 Å². The van der Waals surface area contributed by atoms with Crippen LogP contribution in [0.3, 0.4) is 0 Å². The second-order valence-electron chi connectivity index (χ2n) is 8.40. The Kier molecular flexibility index (Phi) is 5.13. The highest BCUT2D eigenvalue weighted by molar-refractivity contribution is 6.89. The van der Waals surface area contributed by atoms with Crippen LogP contribution in [0, 0.1) is 0 Å². The van der Waals surface area contributed by atoms with E-state index in [0.717, 1.165) is 12.8 Å². The predicted molar refractivity (Wildman–Crippen MR) is 106 cm³/mol. The highest BCUT2D eigenvalue weighted by atomic mass is 28.3. The van der Waals surface area contributed by atoms with Crippen molar-refractivity contribution in [2.24, 2.45) is 0 Å². The summed E-state index contributed by atoms with van der Waals surface area (Å²) in [5.41, 5.74) is 2.97. The molecule has 0 radical (unpaired) electrons. The largest absolute Gasteiger partial charge is 0.0776 e. The summed E-state index contributed by atoms with van der Waals surface area (Å²) in [5.74, 6) is 0. The Balaban J connectivity index is 2.11. The summed E-state index contributed by atoms with van der Waals surface area (Å²) in [6.45, 7) is 14.5. The van der Waals surface area contributed by atoms with Crippen LogP contribution in [0.25, 0.3) is 0 Å². The molecule has 0 aliphatic carbocycles. The maximum Gasteiger partial charge on any atom is 0.0776 e. The van der Waals surface area contributed by atoms with Crippen LogP contribution in [0.15, 0.2) is 48.5 Å². The van der Waals surface area contributed by atoms with Crippen LogP contribution in [0.5, 0.6) is 0 Å². The molecule has 0 N–H and O–H groups in total. The van der Waals surface area contributed by atoms with Crippen molar-refractivity contribution in [1.82, 2.24) is 0 Å². The highest BCUT2D eigenvalue weighted by Gasteiger charge is 2.17. The molecule has 0 nitrogen and oxygen atoms in total. The van der Waals surface area contributed by atoms with Crippen LogP contribution in [0.4, 0.5) is 0 Å². The van der Waals surface area contributed by atoms with Crippen molar-refractivity contribution < 1.29 is 0 Å². The van der Waals surface area contributed by atoms with E-state index in [9.17, 15) is 0 Å². The van der Waals surface area contributed by atoms with E-state index in [2.05, 4.69) is 87.8 Å². The fraction of sp³-hybridized carbons (Fsp3) is 0.400. The first-order chi connectivity index (χ1) is 10.2. The Morgan fingerprint density at radius 2 is 0.955 bits per heavy atom. The van der Waals surface area contributed by atoms with Gasteiger partial charge in [-0.3, -0.25) is 0 Å². The van der Waals surface area contributed by atoms with Gasteiger partial charge < -0.3 is 0 Å². The first kappa shape index (κ1) is 17.2. The van der Waals surface area contributed by atoms with Gasteiger partial charge in [0.15, 0.2) is 0 Å². The summed E-state index contributed by atoms with van der Waals surface area (Å²) >= 11 is 0. The summed E-state index contributed by atoms with van der Waals surface area (Å²) < 4.78 is 0. The van der Waals surface area contributed by atoms with Crippen molar-refractivity contribution in [3.63, 3.8) is 0 Å². The van der Waals surface area contributed by atoms with E-state index in [1.807, 2.05) is 0 Å². The molecule has 22 heavy (non-hydrogen) atoms. The maximum atomic E-state index is 2.44. The lowest BCUT2D eigenvalue weighted by molar-refractivity contribution is 0.962. The molecule has 0 aliphatic heterocycles. The van der Waals surface area contributed by atoms with Gasteiger partial charge in [0.05, 0.1) is 16.1 Å². The van der Waals surface area contributed by atoms with E-state index in [4.69, 9.17) is 0 Å². The van der Waals surface area contributed by atoms with Gasteiger partial charge in [-0.25, -0.2) is 0 Å². The van der Waals surface area contributed by atoms with Gasteiger partial charge in [-0.1, -0.05) is 98.2 Å². The monoisotopic (exact) mass is 326 g/mol. The summed E-state index contributed by atoms with van der Waals surface area (Å²) in [6, 6.07) is 18.5. The molecular formula is C20H30Si2. The topological polar surface area (TPSA) is 0 Å². The molecule has 0 aromatic heterocycles. The van der Waals surface area contributed by atoms with Crippen molar-refractivity contribution in [1.29, 1.82) is 0 Å². The molecule has 0 aliphatic rings. The Bertz CT molecular complexity index is 573. The smallest absolute Gasteiger partial charge is 0.0656 e. The molecule has 0 saturated heterocycles. The minimum Gasteiger partial charge on any atom is -0.0656 e. The first-order valence-corrected chi connectivity index (χ1v) is 15.3. The first-order valence-electron chi connectivity index (χ1n) is 8.35. The predicted octanol–water partition coefficient (Wildman–Crippen LogP) is 4.56. The zero-order valence-electron chi connectivity index (χ0n) is 15.0. The second kappa shape index (κ2) is 6.55. The van der Waals surface area contributed by atoms with Gasteiger partial charge in [0.2, 0.25) is 0 Å². The molecule has 0 unspecified atom stereocenters. The molecule has 0 atom stereocenters. The molecule has 0 amide bonds. The molecule has 2 heteroatoms. The van der Waals surface area contributed by atoms with E-state index >= 15 is 0 Å². The molecule has 118 valence electrons. The fourth-order valence-electron chi connectivity index (χ4n) is 2.68. The minimum atomic E-state index is -1.20. The second-order valence-corrected chi connectivity index (χ2v) is 18.6. The van der Waals surface area contributed by atoms with Crippen LogP contribution >= 0.6 is 0 Å². The van der Waals surface area contributed by atoms with E-state index < -0.39 is 16.1 Å². The SMILES string of the molecule is C[Si](C)(C)c1cccc(CCc2cccc([Si](C)(C)C)c2)c1. The fourth-order valence-corrected chi connectivity index (χ4v) is 5.10. The van der Waals surface area contributed by atoms with Crippen LogP contribution in [0.2, 0.25) is 39.3 Å². The summed E-state index contributed by atoms with van der Waals surface area (Å²) in [5, 5.41) is 3.14. The van der Waals surface area contributed by atoms with Gasteiger partial charge in [-0.2, -0.15) is 0 Å². The Morgan fingerprint density at radius 1 is 0.591 bits per heavy atom. The van der Waals surface area contributed by atoms with Crippen LogP contribution in [-0.2, 0) is 12.8 Å². The summed E-state index contributed by atoms with van der Waals surface area (Å²) in [4.78, 5) is 0. The number of benzene rings is 2. The quantitative estimate of drug-likeness (QED) is 0.707. The number of rotatable bonds is 5. The van der Waals surface area contributed by atoms with Crippen LogP contribution < -0.4 is 10.4 Å². The zero-order valence-corrected chi connectivity index (χ0v) is 17.0. The lowest BCUT2D eigenvalue weighted by Crippen LogP contribution is -2.37. The van der Waals surface area contributed by atoms with Crippen molar-refractivity contribution in [2.75, 3.05) is 0 Å². The molecule has 2 aromatic carbocycles. The Hall–Kier alpha value is -1.13. The molecule has 0 fully saturated rings. The average Bonchev–Trinajstić information content (AvgIpc) is 2.44. The third-order valence-electron chi connectivity index (χ3n) is 4.29. The van der Waals surface area contributed by atoms with Crippen LogP contribution in [-0.4, -0.2) is 16.1 Å². The number of hydrogen-bond donors (Lipinski definition) is 0. The van der Waals surface area contributed by atoms with E-state index in [0.29, 0.717) is 0 Å². The van der Waals surface area contributed by atoms with Gasteiger partial charge in [0.25, 0.3) is 0 Å². The van der Waals surface area contributed by atoms with Gasteiger partial charge in [-0.15, -0.1) is 0 Å². The highest BCUT2D eigenvalue weighted by Crippen LogP contribution is 2.10. The van der Waals surface area contributed by atoms with E-state index in [1.165, 1.54) is 11.1 Å². The van der Waals surface area contributed by atoms with Gasteiger partial charge >= 0.3 is 0 Å². The molecule has 0 heterocycles. The molecule has 0 saturated carbocycles. The van der Waals surface area contributed by atoms with Crippen molar-refractivity contribution in [2.45, 2.75) is 52.1 Å². The zero-order chi connectivity index (χ0) is 16.4. The van der Waals surface area contributed by atoms with Gasteiger partial charge in [0.1, 0.15) is 0 Å². The lowest BCUT2D eigenvalue weighted by atomic mass is 10.0. The molecule has 0 bridgehead atoms. The maximum absolute atomic E-state index is 2.44. The standard InChI is InChI=1S/C20H30Si2/c1-21(2,3)19-11-7-9-17(15-19)13-14-18-10-8-12-20(16-18)22(4,5)6/h7-12,15-16H,13-14H2,1-6H3. The van der Waals surface area contributed by atoms with Crippen molar-refractivity contribution in [3.8, 4) is 0 Å². The molecule has 0 spiro atoms. The molecular weight excluding hydrogens is 296 g/mol. The third kappa shape index (κ3) is 4.69. The van der Waals surface area contributed by atoms with E-state index in [-0.39, 0.29) is 0 Å². The number of aryl methyl sites for hydroxylation is 2. The van der Waals surface area contributed by atoms with Crippen molar-refractivity contribution >= 4 is 26.5 Å². The molecule has 2 rings (SSSR count). The minimum absolute atomic E-state index is 1.15. The molecule has 2 aromatic rings. The third-order valence-corrected chi connectivity index (χ3v) is 8.37. The van der Waals surface area contributed by atoms with Gasteiger partial charge in [0, 0.05) is 0 Å².